The normalized spacial score (nSPS) is 10.7. The number of carbonyl (C=O) groups excluding carboxylic acids is 1. The minimum atomic E-state index is -1.13. The van der Waals surface area contributed by atoms with Crippen molar-refractivity contribution in [2.45, 2.75) is 110 Å². The molecule has 0 amide bonds. The molecule has 1 N–H and O–H groups in total. The first-order valence-electron chi connectivity index (χ1n) is 10.7. The first-order chi connectivity index (χ1) is 12.7. The van der Waals surface area contributed by atoms with E-state index in [0.29, 0.717) is 6.61 Å². The van der Waals surface area contributed by atoms with Crippen molar-refractivity contribution in [1.29, 1.82) is 0 Å². The molecule has 0 radical (unpaired) electrons. The van der Waals surface area contributed by atoms with Gasteiger partial charge in [-0.3, -0.25) is 0 Å². The minimum absolute atomic E-state index is 0. The molecule has 0 aliphatic heterocycles. The van der Waals surface area contributed by atoms with E-state index in [9.17, 15) is 9.59 Å². The molecule has 0 saturated heterocycles. The predicted octanol–water partition coefficient (Wildman–Crippen LogP) is 3.55. The summed E-state index contributed by atoms with van der Waals surface area (Å²) >= 11 is 0. The van der Waals surface area contributed by atoms with Crippen molar-refractivity contribution in [2.75, 3.05) is 6.61 Å². The molecule has 5 heteroatoms. The number of hydrogen-bond acceptors (Lipinski definition) is 3. The van der Waals surface area contributed by atoms with E-state index in [1.54, 1.807) is 0 Å². The zero-order valence-corrected chi connectivity index (χ0v) is 19.8. The Kier molecular flexibility index (Phi) is 25.4. The number of carbonyl (C=O) groups is 2. The predicted molar refractivity (Wildman–Crippen MR) is 108 cm³/mol. The van der Waals surface area contributed by atoms with Crippen molar-refractivity contribution in [2.24, 2.45) is 0 Å². The van der Waals surface area contributed by atoms with Gasteiger partial charge in [0.05, 0.1) is 6.61 Å². The first kappa shape index (κ1) is 28.9. The summed E-state index contributed by atoms with van der Waals surface area (Å²) in [7, 11) is 0. The van der Waals surface area contributed by atoms with Gasteiger partial charge in [0.25, 0.3) is 0 Å². The summed E-state index contributed by atoms with van der Waals surface area (Å²) in [5, 5.41) is 8.39. The molecule has 0 fully saturated rings. The third-order valence-corrected chi connectivity index (χ3v) is 4.60. The fourth-order valence-electron chi connectivity index (χ4n) is 3.01. The van der Waals surface area contributed by atoms with Crippen molar-refractivity contribution in [3.8, 4) is 0 Å². The van der Waals surface area contributed by atoms with Crippen LogP contribution < -0.4 is 29.6 Å². The number of esters is 1. The molecule has 154 valence electrons. The van der Waals surface area contributed by atoms with Gasteiger partial charge in [0.15, 0.2) is 0 Å². The van der Waals surface area contributed by atoms with Crippen LogP contribution in [0.25, 0.3) is 0 Å². The maximum atomic E-state index is 11.1. The van der Waals surface area contributed by atoms with E-state index < -0.39 is 11.9 Å². The number of aliphatic carboxylic acids is 1. The van der Waals surface area contributed by atoms with Gasteiger partial charge in [-0.15, -0.1) is 0 Å². The quantitative estimate of drug-likeness (QED) is 0.158. The van der Waals surface area contributed by atoms with Crippen LogP contribution in [0.5, 0.6) is 0 Å². The molecular weight excluding hydrogens is 351 g/mol. The van der Waals surface area contributed by atoms with Gasteiger partial charge in [-0.1, -0.05) is 103 Å². The largest absolute Gasteiger partial charge is 1.00 e. The zero-order chi connectivity index (χ0) is 19.3. The van der Waals surface area contributed by atoms with Crippen molar-refractivity contribution < 1.29 is 50.4 Å². The van der Waals surface area contributed by atoms with Crippen LogP contribution in [0, 0.1) is 0 Å². The fraction of sp³-hybridized carbons (Fsp3) is 0.818. The Morgan fingerprint density at radius 1 is 0.704 bits per heavy atom. The third kappa shape index (κ3) is 25.7. The minimum Gasteiger partial charge on any atom is -1.00 e. The summed E-state index contributed by atoms with van der Waals surface area (Å²) in [4.78, 5) is 21.4. The molecule has 0 rings (SSSR count). The van der Waals surface area contributed by atoms with Crippen LogP contribution in [-0.4, -0.2) is 23.7 Å². The molecule has 0 saturated carbocycles. The average Bonchev–Trinajstić information content (AvgIpc) is 2.62. The molecule has 0 heterocycles. The number of rotatable bonds is 19. The van der Waals surface area contributed by atoms with Crippen molar-refractivity contribution >= 4 is 11.9 Å². The summed E-state index contributed by atoms with van der Waals surface area (Å²) in [6.45, 7) is 2.64. The zero-order valence-electron chi connectivity index (χ0n) is 18.8. The average molecular weight is 393 g/mol. The van der Waals surface area contributed by atoms with E-state index in [1.807, 2.05) is 0 Å². The topological polar surface area (TPSA) is 63.6 Å². The van der Waals surface area contributed by atoms with Gasteiger partial charge >= 0.3 is 41.5 Å². The van der Waals surface area contributed by atoms with Gasteiger partial charge in [0, 0.05) is 12.2 Å². The monoisotopic (exact) mass is 392 g/mol. The second kappa shape index (κ2) is 23.7. The Morgan fingerprint density at radius 3 is 1.44 bits per heavy atom. The van der Waals surface area contributed by atoms with Crippen LogP contribution in [-0.2, 0) is 14.3 Å². The van der Waals surface area contributed by atoms with Gasteiger partial charge in [-0.25, -0.2) is 9.59 Å². The summed E-state index contributed by atoms with van der Waals surface area (Å²) < 4.78 is 4.92. The summed E-state index contributed by atoms with van der Waals surface area (Å²) in [6.07, 6.45) is 22.7. The number of carboxylic acid groups (broad SMARTS) is 1. The smallest absolute Gasteiger partial charge is 1.00 e. The van der Waals surface area contributed by atoms with Crippen LogP contribution in [0.15, 0.2) is 12.2 Å². The second-order valence-electron chi connectivity index (χ2n) is 7.14. The molecule has 27 heavy (non-hydrogen) atoms. The molecule has 0 unspecified atom stereocenters. The maximum absolute atomic E-state index is 11.1. The molecule has 0 aliphatic carbocycles. The molecule has 0 aromatic carbocycles. The van der Waals surface area contributed by atoms with E-state index in [-0.39, 0.29) is 31.0 Å². The van der Waals surface area contributed by atoms with Crippen LogP contribution in [0.1, 0.15) is 111 Å². The van der Waals surface area contributed by atoms with Crippen LogP contribution in [0.3, 0.4) is 0 Å². The fourth-order valence-corrected chi connectivity index (χ4v) is 3.01. The Hall–Kier alpha value is -0.320. The Labute approximate surface area is 190 Å². The Bertz CT molecular complexity index is 376. The van der Waals surface area contributed by atoms with Crippen molar-refractivity contribution in [3.63, 3.8) is 0 Å². The van der Waals surface area contributed by atoms with Crippen LogP contribution >= 0.6 is 0 Å². The van der Waals surface area contributed by atoms with E-state index in [0.717, 1.165) is 25.0 Å². The Morgan fingerprint density at radius 2 is 1.07 bits per heavy atom. The number of carboxylic acids is 1. The first-order valence-corrected chi connectivity index (χ1v) is 10.7. The molecule has 4 nitrogen and oxygen atoms in total. The standard InChI is InChI=1S/C22H40O4.Na.H/c1-2-3-4-5-6-7-8-9-10-11-12-13-14-15-16-17-20-26-22(25)19-18-21(23)24;;/h18-19H,2-17,20H2,1H3,(H,23,24);;/q;+1;-1/b19-18-;;. The molecule has 0 atom stereocenters. The molecule has 0 spiro atoms. The van der Waals surface area contributed by atoms with Gasteiger partial charge < -0.3 is 11.3 Å². The van der Waals surface area contributed by atoms with Crippen molar-refractivity contribution in [1.82, 2.24) is 0 Å². The van der Waals surface area contributed by atoms with Gasteiger partial charge in [0.1, 0.15) is 0 Å². The van der Waals surface area contributed by atoms with Crippen LogP contribution in [0.2, 0.25) is 0 Å². The van der Waals surface area contributed by atoms with E-state index >= 15 is 0 Å². The van der Waals surface area contributed by atoms with Crippen LogP contribution in [0.4, 0.5) is 0 Å². The van der Waals surface area contributed by atoms with E-state index in [2.05, 4.69) is 6.92 Å². The number of unbranched alkanes of at least 4 members (excludes halogenated alkanes) is 15. The molecule has 0 aliphatic rings. The summed E-state index contributed by atoms with van der Waals surface area (Å²) in [6, 6.07) is 0. The Balaban J connectivity index is -0.00000312. The molecule has 0 bridgehead atoms. The van der Waals surface area contributed by atoms with Crippen molar-refractivity contribution in [3.05, 3.63) is 12.2 Å². The van der Waals surface area contributed by atoms with Gasteiger partial charge in [-0.2, -0.15) is 0 Å². The maximum Gasteiger partial charge on any atom is 1.00 e. The third-order valence-electron chi connectivity index (χ3n) is 4.60. The summed E-state index contributed by atoms with van der Waals surface area (Å²) in [5.41, 5.74) is 0. The summed E-state index contributed by atoms with van der Waals surface area (Å²) in [5.74, 6) is -1.71. The molecule has 0 aromatic rings. The SMILES string of the molecule is CCCCCCCCCCCCCCCCCCOC(=O)/C=C\C(=O)O.[H-].[Na+]. The second-order valence-corrected chi connectivity index (χ2v) is 7.14. The van der Waals surface area contributed by atoms with Gasteiger partial charge in [-0.05, 0) is 6.42 Å². The van der Waals surface area contributed by atoms with E-state index in [1.165, 1.54) is 89.9 Å². The van der Waals surface area contributed by atoms with Gasteiger partial charge in [0.2, 0.25) is 0 Å². The number of ether oxygens (including phenoxy) is 1. The molecule has 0 aromatic heterocycles. The molecular formula is C22H41NaO4. The number of hydrogen-bond donors (Lipinski definition) is 1. The van der Waals surface area contributed by atoms with E-state index in [4.69, 9.17) is 9.84 Å².